The number of nitrogens with zero attached hydrogens (tertiary/aromatic N) is 1. The number of ether oxygens (including phenoxy) is 1. The van der Waals surface area contributed by atoms with Crippen LogP contribution in [0.1, 0.15) is 22.8 Å². The van der Waals surface area contributed by atoms with Gasteiger partial charge in [0.1, 0.15) is 0 Å². The average Bonchev–Trinajstić information content (AvgIpc) is 2.62. The number of rotatable bonds is 4. The van der Waals surface area contributed by atoms with Gasteiger partial charge in [-0.1, -0.05) is 35.0 Å². The Morgan fingerprint density at radius 3 is 2.54 bits per heavy atom. The summed E-state index contributed by atoms with van der Waals surface area (Å²) in [5.41, 5.74) is 3.74. The van der Waals surface area contributed by atoms with Crippen LogP contribution in [0.15, 0.2) is 46.9 Å². The molecule has 3 rings (SSSR count). The quantitative estimate of drug-likeness (QED) is 0.856. The van der Waals surface area contributed by atoms with Crippen molar-refractivity contribution in [2.24, 2.45) is 0 Å². The van der Waals surface area contributed by atoms with E-state index in [4.69, 9.17) is 4.74 Å². The fourth-order valence-corrected chi connectivity index (χ4v) is 3.14. The third-order valence-electron chi connectivity index (χ3n) is 4.18. The maximum Gasteiger partial charge on any atom is 0.255 e. The summed E-state index contributed by atoms with van der Waals surface area (Å²) in [5.74, 6) is -0.0923. The summed E-state index contributed by atoms with van der Waals surface area (Å²) >= 11 is 3.49. The SMILES string of the molecule is CCc1ccc(C(=O)Nc2cc(Br)ccc2N2CCOCC2)cc1. The van der Waals surface area contributed by atoms with Crippen molar-refractivity contribution in [3.05, 3.63) is 58.1 Å². The van der Waals surface area contributed by atoms with E-state index in [1.54, 1.807) is 0 Å². The first-order valence-corrected chi connectivity index (χ1v) is 8.99. The van der Waals surface area contributed by atoms with Crippen LogP contribution >= 0.6 is 15.9 Å². The van der Waals surface area contributed by atoms with Crippen LogP contribution in [0.5, 0.6) is 0 Å². The minimum Gasteiger partial charge on any atom is -0.378 e. The normalized spacial score (nSPS) is 14.5. The second-order valence-corrected chi connectivity index (χ2v) is 6.68. The predicted molar refractivity (Wildman–Crippen MR) is 101 cm³/mol. The smallest absolute Gasteiger partial charge is 0.255 e. The molecule has 1 heterocycles. The molecule has 0 bridgehead atoms. The van der Waals surface area contributed by atoms with E-state index in [1.165, 1.54) is 5.56 Å². The number of aryl methyl sites for hydroxylation is 1. The Hall–Kier alpha value is -1.85. The van der Waals surface area contributed by atoms with E-state index in [-0.39, 0.29) is 5.91 Å². The van der Waals surface area contributed by atoms with Crippen molar-refractivity contribution in [1.82, 2.24) is 0 Å². The molecule has 4 nitrogen and oxygen atoms in total. The monoisotopic (exact) mass is 388 g/mol. The molecule has 1 aliphatic heterocycles. The summed E-state index contributed by atoms with van der Waals surface area (Å²) in [5, 5.41) is 3.05. The third-order valence-corrected chi connectivity index (χ3v) is 4.68. The van der Waals surface area contributed by atoms with Crippen LogP contribution in [-0.4, -0.2) is 32.2 Å². The molecular weight excluding hydrogens is 368 g/mol. The van der Waals surface area contributed by atoms with Crippen molar-refractivity contribution in [2.75, 3.05) is 36.5 Å². The highest BCUT2D eigenvalue weighted by atomic mass is 79.9. The zero-order valence-electron chi connectivity index (χ0n) is 13.7. The summed E-state index contributed by atoms with van der Waals surface area (Å²) in [7, 11) is 0. The summed E-state index contributed by atoms with van der Waals surface area (Å²) < 4.78 is 6.36. The van der Waals surface area contributed by atoms with Gasteiger partial charge in [-0.25, -0.2) is 0 Å². The lowest BCUT2D eigenvalue weighted by atomic mass is 10.1. The largest absolute Gasteiger partial charge is 0.378 e. The number of hydrogen-bond donors (Lipinski definition) is 1. The van der Waals surface area contributed by atoms with Crippen molar-refractivity contribution in [3.8, 4) is 0 Å². The fourth-order valence-electron chi connectivity index (χ4n) is 2.77. The summed E-state index contributed by atoms with van der Waals surface area (Å²) in [4.78, 5) is 14.8. The van der Waals surface area contributed by atoms with Crippen LogP contribution in [0.25, 0.3) is 0 Å². The van der Waals surface area contributed by atoms with E-state index in [1.807, 2.05) is 42.5 Å². The summed E-state index contributed by atoms with van der Waals surface area (Å²) in [6, 6.07) is 13.7. The van der Waals surface area contributed by atoms with Gasteiger partial charge in [0, 0.05) is 23.1 Å². The molecule has 1 N–H and O–H groups in total. The second-order valence-electron chi connectivity index (χ2n) is 5.77. The molecule has 2 aromatic carbocycles. The van der Waals surface area contributed by atoms with Crippen molar-refractivity contribution < 1.29 is 9.53 Å². The molecule has 0 saturated carbocycles. The van der Waals surface area contributed by atoms with Crippen LogP contribution < -0.4 is 10.2 Å². The number of amides is 1. The lowest BCUT2D eigenvalue weighted by Crippen LogP contribution is -2.36. The number of carbonyl (C=O) groups is 1. The standard InChI is InChI=1S/C19H21BrN2O2/c1-2-14-3-5-15(6-4-14)19(23)21-17-13-16(20)7-8-18(17)22-9-11-24-12-10-22/h3-8,13H,2,9-12H2,1H3,(H,21,23). The van der Waals surface area contributed by atoms with E-state index in [9.17, 15) is 4.79 Å². The summed E-state index contributed by atoms with van der Waals surface area (Å²) in [6.45, 7) is 5.18. The Labute approximate surface area is 150 Å². The minimum absolute atomic E-state index is 0.0923. The van der Waals surface area contributed by atoms with E-state index >= 15 is 0 Å². The molecular formula is C19H21BrN2O2. The van der Waals surface area contributed by atoms with Crippen molar-refractivity contribution in [2.45, 2.75) is 13.3 Å². The Kier molecular flexibility index (Phi) is 5.53. The van der Waals surface area contributed by atoms with Crippen LogP contribution in [0.4, 0.5) is 11.4 Å². The molecule has 0 radical (unpaired) electrons. The lowest BCUT2D eigenvalue weighted by molar-refractivity contribution is 0.102. The molecule has 0 unspecified atom stereocenters. The first-order chi connectivity index (χ1) is 11.7. The molecule has 1 saturated heterocycles. The molecule has 1 amide bonds. The Bertz CT molecular complexity index is 710. The zero-order valence-corrected chi connectivity index (χ0v) is 15.3. The van der Waals surface area contributed by atoms with Crippen LogP contribution in [0, 0.1) is 0 Å². The van der Waals surface area contributed by atoms with Gasteiger partial charge in [0.15, 0.2) is 0 Å². The zero-order chi connectivity index (χ0) is 16.9. The molecule has 0 aromatic heterocycles. The lowest BCUT2D eigenvalue weighted by Gasteiger charge is -2.30. The van der Waals surface area contributed by atoms with Gasteiger partial charge in [0.2, 0.25) is 0 Å². The van der Waals surface area contributed by atoms with E-state index < -0.39 is 0 Å². The second kappa shape index (κ2) is 7.81. The molecule has 126 valence electrons. The van der Waals surface area contributed by atoms with Crippen LogP contribution in [-0.2, 0) is 11.2 Å². The molecule has 5 heteroatoms. The van der Waals surface area contributed by atoms with Crippen molar-refractivity contribution >= 4 is 33.2 Å². The highest BCUT2D eigenvalue weighted by Gasteiger charge is 2.17. The minimum atomic E-state index is -0.0923. The topological polar surface area (TPSA) is 41.6 Å². The van der Waals surface area contributed by atoms with Gasteiger partial charge < -0.3 is 15.0 Å². The first kappa shape index (κ1) is 17.0. The highest BCUT2D eigenvalue weighted by Crippen LogP contribution is 2.30. The maximum absolute atomic E-state index is 12.6. The van der Waals surface area contributed by atoms with Gasteiger partial charge in [-0.15, -0.1) is 0 Å². The number of morpholine rings is 1. The number of anilines is 2. The van der Waals surface area contributed by atoms with E-state index in [0.717, 1.165) is 35.4 Å². The van der Waals surface area contributed by atoms with E-state index in [2.05, 4.69) is 33.1 Å². The third kappa shape index (κ3) is 3.97. The van der Waals surface area contributed by atoms with Gasteiger partial charge in [0.05, 0.1) is 24.6 Å². The number of nitrogens with one attached hydrogen (secondary N) is 1. The first-order valence-electron chi connectivity index (χ1n) is 8.20. The predicted octanol–water partition coefficient (Wildman–Crippen LogP) is 4.10. The molecule has 24 heavy (non-hydrogen) atoms. The van der Waals surface area contributed by atoms with Gasteiger partial charge >= 0.3 is 0 Å². The Morgan fingerprint density at radius 2 is 1.88 bits per heavy atom. The van der Waals surface area contributed by atoms with Crippen LogP contribution in [0.3, 0.4) is 0 Å². The molecule has 1 fully saturated rings. The Morgan fingerprint density at radius 1 is 1.17 bits per heavy atom. The molecule has 0 atom stereocenters. The number of carbonyl (C=O) groups excluding carboxylic acids is 1. The van der Waals surface area contributed by atoms with Gasteiger partial charge in [-0.3, -0.25) is 4.79 Å². The Balaban J connectivity index is 1.82. The van der Waals surface area contributed by atoms with Gasteiger partial charge in [-0.05, 0) is 42.3 Å². The number of halogens is 1. The van der Waals surface area contributed by atoms with Gasteiger partial charge in [0.25, 0.3) is 5.91 Å². The number of hydrogen-bond acceptors (Lipinski definition) is 3. The van der Waals surface area contributed by atoms with Crippen molar-refractivity contribution in [1.29, 1.82) is 0 Å². The van der Waals surface area contributed by atoms with Gasteiger partial charge in [-0.2, -0.15) is 0 Å². The summed E-state index contributed by atoms with van der Waals surface area (Å²) in [6.07, 6.45) is 0.967. The molecule has 2 aromatic rings. The molecule has 0 spiro atoms. The highest BCUT2D eigenvalue weighted by molar-refractivity contribution is 9.10. The molecule has 1 aliphatic rings. The maximum atomic E-state index is 12.6. The van der Waals surface area contributed by atoms with E-state index in [0.29, 0.717) is 18.8 Å². The van der Waals surface area contributed by atoms with Crippen LogP contribution in [0.2, 0.25) is 0 Å². The fraction of sp³-hybridized carbons (Fsp3) is 0.316. The van der Waals surface area contributed by atoms with Crippen molar-refractivity contribution in [3.63, 3.8) is 0 Å². The average molecular weight is 389 g/mol. The number of benzene rings is 2. The molecule has 0 aliphatic carbocycles.